The molecule has 1 atom stereocenters. The van der Waals surface area contributed by atoms with Crippen molar-refractivity contribution >= 4 is 38.4 Å². The quantitative estimate of drug-likeness (QED) is 0.487. The van der Waals surface area contributed by atoms with Gasteiger partial charge < -0.3 is 10.0 Å². The van der Waals surface area contributed by atoms with Gasteiger partial charge in [0.1, 0.15) is 4.83 Å². The molecule has 6 nitrogen and oxygen atoms in total. The lowest BCUT2D eigenvalue weighted by atomic mass is 9.95. The van der Waals surface area contributed by atoms with E-state index in [1.54, 1.807) is 18.1 Å². The van der Waals surface area contributed by atoms with E-state index in [0.717, 1.165) is 52.2 Å². The van der Waals surface area contributed by atoms with Crippen LogP contribution in [0.4, 0.5) is 0 Å². The number of nitrogens with zero attached hydrogens (tertiary/aromatic N) is 4. The summed E-state index contributed by atoms with van der Waals surface area (Å²) in [6.45, 7) is 3.04. The molecular weight excluding hydrogens is 420 g/mol. The van der Waals surface area contributed by atoms with Gasteiger partial charge in [0.2, 0.25) is 0 Å². The minimum atomic E-state index is -0.0438. The molecule has 0 aliphatic carbocycles. The first-order valence-corrected chi connectivity index (χ1v) is 11.8. The molecule has 1 aliphatic rings. The van der Waals surface area contributed by atoms with Crippen LogP contribution in [-0.2, 0) is 6.54 Å². The van der Waals surface area contributed by atoms with E-state index in [1.807, 2.05) is 18.3 Å². The minimum Gasteiger partial charge on any atom is -0.395 e. The Labute approximate surface area is 191 Å². The summed E-state index contributed by atoms with van der Waals surface area (Å²) in [4.78, 5) is 27.9. The SMILES string of the molecule is CN(CCO)C(=O)c1sc2ncccc2c1[C@H]1CCN(Cc2ccnc3ccccc23)C1. The monoisotopic (exact) mass is 446 g/mol. The lowest BCUT2D eigenvalue weighted by molar-refractivity contribution is 0.0770. The van der Waals surface area contributed by atoms with Crippen LogP contribution in [0.3, 0.4) is 0 Å². The lowest BCUT2D eigenvalue weighted by Gasteiger charge is -2.19. The molecular formula is C25H26N4O2S. The van der Waals surface area contributed by atoms with Crippen molar-refractivity contribution in [2.45, 2.75) is 18.9 Å². The number of carbonyl (C=O) groups is 1. The van der Waals surface area contributed by atoms with Crippen molar-refractivity contribution in [1.82, 2.24) is 19.8 Å². The van der Waals surface area contributed by atoms with E-state index in [4.69, 9.17) is 0 Å². The molecule has 1 N–H and O–H groups in total. The van der Waals surface area contributed by atoms with Gasteiger partial charge in [0, 0.05) is 55.8 Å². The molecule has 4 heterocycles. The van der Waals surface area contributed by atoms with Crippen LogP contribution in [0.5, 0.6) is 0 Å². The van der Waals surface area contributed by atoms with Crippen LogP contribution in [0.1, 0.15) is 33.1 Å². The second-order valence-corrected chi connectivity index (χ2v) is 9.36. The number of benzene rings is 1. The maximum absolute atomic E-state index is 13.2. The van der Waals surface area contributed by atoms with Crippen molar-refractivity contribution in [2.24, 2.45) is 0 Å². The largest absolute Gasteiger partial charge is 0.395 e. The highest BCUT2D eigenvalue weighted by molar-refractivity contribution is 7.20. The van der Waals surface area contributed by atoms with E-state index < -0.39 is 0 Å². The second kappa shape index (κ2) is 8.94. The predicted octanol–water partition coefficient (Wildman–Crippen LogP) is 3.90. The average molecular weight is 447 g/mol. The molecule has 0 saturated carbocycles. The van der Waals surface area contributed by atoms with Gasteiger partial charge in [-0.15, -0.1) is 11.3 Å². The van der Waals surface area contributed by atoms with Gasteiger partial charge in [0.05, 0.1) is 17.0 Å². The number of rotatable bonds is 6. The molecule has 0 spiro atoms. The maximum Gasteiger partial charge on any atom is 0.264 e. The van der Waals surface area contributed by atoms with Crippen LogP contribution >= 0.6 is 11.3 Å². The summed E-state index contributed by atoms with van der Waals surface area (Å²) < 4.78 is 0. The number of pyridine rings is 2. The first-order valence-electron chi connectivity index (χ1n) is 10.9. The summed E-state index contributed by atoms with van der Waals surface area (Å²) >= 11 is 1.47. The first kappa shape index (κ1) is 21.0. The number of aliphatic hydroxyl groups excluding tert-OH is 1. The summed E-state index contributed by atoms with van der Waals surface area (Å²) in [5.74, 6) is 0.248. The Balaban J connectivity index is 1.44. The molecule has 1 saturated heterocycles. The minimum absolute atomic E-state index is 0.0318. The van der Waals surface area contributed by atoms with E-state index in [0.29, 0.717) is 6.54 Å². The third kappa shape index (κ3) is 3.88. The van der Waals surface area contributed by atoms with E-state index in [1.165, 1.54) is 22.3 Å². The number of aromatic nitrogens is 2. The van der Waals surface area contributed by atoms with Crippen molar-refractivity contribution in [3.05, 3.63) is 70.9 Å². The van der Waals surface area contributed by atoms with E-state index >= 15 is 0 Å². The second-order valence-electron chi connectivity index (χ2n) is 8.36. The third-order valence-corrected chi connectivity index (χ3v) is 7.41. The van der Waals surface area contributed by atoms with E-state index in [2.05, 4.69) is 45.2 Å². The number of aliphatic hydroxyl groups is 1. The van der Waals surface area contributed by atoms with Crippen LogP contribution in [0.25, 0.3) is 21.1 Å². The van der Waals surface area contributed by atoms with Gasteiger partial charge in [0.15, 0.2) is 0 Å². The van der Waals surface area contributed by atoms with Gasteiger partial charge in [-0.1, -0.05) is 24.3 Å². The molecule has 164 valence electrons. The Morgan fingerprint density at radius 3 is 2.88 bits per heavy atom. The number of hydrogen-bond acceptors (Lipinski definition) is 6. The molecule has 4 aromatic rings. The molecule has 32 heavy (non-hydrogen) atoms. The predicted molar refractivity (Wildman–Crippen MR) is 128 cm³/mol. The van der Waals surface area contributed by atoms with Gasteiger partial charge >= 0.3 is 0 Å². The normalized spacial score (nSPS) is 16.8. The molecule has 0 radical (unpaired) electrons. The summed E-state index contributed by atoms with van der Waals surface area (Å²) in [5, 5.41) is 11.6. The number of likely N-dealkylation sites (N-methyl/N-ethyl adjacent to an activating group) is 1. The lowest BCUT2D eigenvalue weighted by Crippen LogP contribution is -2.29. The van der Waals surface area contributed by atoms with Gasteiger partial charge in [-0.05, 0) is 42.3 Å². The van der Waals surface area contributed by atoms with Crippen molar-refractivity contribution < 1.29 is 9.90 Å². The Hall–Kier alpha value is -2.87. The topological polar surface area (TPSA) is 69.6 Å². The van der Waals surface area contributed by atoms with Crippen LogP contribution in [0.15, 0.2) is 54.9 Å². The molecule has 1 amide bonds. The number of thiophene rings is 1. The van der Waals surface area contributed by atoms with E-state index in [9.17, 15) is 9.90 Å². The Morgan fingerprint density at radius 1 is 1.16 bits per heavy atom. The highest BCUT2D eigenvalue weighted by Crippen LogP contribution is 2.40. The highest BCUT2D eigenvalue weighted by Gasteiger charge is 2.32. The molecule has 5 rings (SSSR count). The van der Waals surface area contributed by atoms with Gasteiger partial charge in [-0.25, -0.2) is 4.98 Å². The Kier molecular flexibility index (Phi) is 5.87. The van der Waals surface area contributed by atoms with Crippen molar-refractivity contribution in [3.8, 4) is 0 Å². The molecule has 1 aliphatic heterocycles. The summed E-state index contributed by atoms with van der Waals surface area (Å²) in [6, 6.07) is 14.4. The zero-order valence-electron chi connectivity index (χ0n) is 18.1. The zero-order chi connectivity index (χ0) is 22.1. The summed E-state index contributed by atoms with van der Waals surface area (Å²) in [5.41, 5.74) is 3.43. The Morgan fingerprint density at radius 2 is 2.00 bits per heavy atom. The van der Waals surface area contributed by atoms with Gasteiger partial charge in [-0.2, -0.15) is 0 Å². The van der Waals surface area contributed by atoms with Gasteiger partial charge in [-0.3, -0.25) is 14.7 Å². The molecule has 0 unspecified atom stereocenters. The van der Waals surface area contributed by atoms with Crippen molar-refractivity contribution in [3.63, 3.8) is 0 Å². The number of carbonyl (C=O) groups excluding carboxylic acids is 1. The standard InChI is InChI=1S/C25H26N4O2S/c1-28(13-14-30)25(31)23-22(20-6-4-10-27-24(20)32-23)18-9-12-29(16-18)15-17-8-11-26-21-7-3-2-5-19(17)21/h2-8,10-11,18,30H,9,12-16H2,1H3/t18-/m0/s1. The average Bonchev–Trinajstić information content (AvgIpc) is 3.43. The fourth-order valence-electron chi connectivity index (χ4n) is 4.69. The maximum atomic E-state index is 13.2. The molecule has 3 aromatic heterocycles. The fraction of sp³-hybridized carbons (Fsp3) is 0.320. The van der Waals surface area contributed by atoms with Gasteiger partial charge in [0.25, 0.3) is 5.91 Å². The number of hydrogen-bond donors (Lipinski definition) is 1. The van der Waals surface area contributed by atoms with Crippen LogP contribution in [0, 0.1) is 0 Å². The van der Waals surface area contributed by atoms with Crippen LogP contribution < -0.4 is 0 Å². The Bertz CT molecular complexity index is 1270. The van der Waals surface area contributed by atoms with Crippen LogP contribution in [-0.4, -0.2) is 64.1 Å². The number of likely N-dealkylation sites (tertiary alicyclic amines) is 1. The zero-order valence-corrected chi connectivity index (χ0v) is 18.9. The fourth-order valence-corrected chi connectivity index (χ4v) is 5.91. The summed E-state index contributed by atoms with van der Waals surface area (Å²) in [7, 11) is 1.75. The summed E-state index contributed by atoms with van der Waals surface area (Å²) in [6.07, 6.45) is 4.68. The molecule has 1 fully saturated rings. The third-order valence-electron chi connectivity index (χ3n) is 6.29. The first-order chi connectivity index (χ1) is 15.7. The number of amides is 1. The molecule has 1 aromatic carbocycles. The number of para-hydroxylation sites is 1. The molecule has 0 bridgehead atoms. The van der Waals surface area contributed by atoms with Crippen molar-refractivity contribution in [2.75, 3.05) is 33.3 Å². The van der Waals surface area contributed by atoms with E-state index in [-0.39, 0.29) is 18.4 Å². The highest BCUT2D eigenvalue weighted by atomic mass is 32.1. The smallest absolute Gasteiger partial charge is 0.264 e. The molecule has 7 heteroatoms. The van der Waals surface area contributed by atoms with Crippen LogP contribution in [0.2, 0.25) is 0 Å². The van der Waals surface area contributed by atoms with Crippen molar-refractivity contribution in [1.29, 1.82) is 0 Å². The number of fused-ring (bicyclic) bond motifs is 2.